The van der Waals surface area contributed by atoms with Crippen LogP contribution in [0.2, 0.25) is 0 Å². The largest absolute Gasteiger partial charge is 0.279 e. The number of aromatic nitrogens is 1. The summed E-state index contributed by atoms with van der Waals surface area (Å²) in [6, 6.07) is 3.72. The van der Waals surface area contributed by atoms with Gasteiger partial charge in [0.2, 0.25) is 0 Å². The Balaban J connectivity index is 1.97. The van der Waals surface area contributed by atoms with Crippen molar-refractivity contribution in [3.8, 4) is 0 Å². The smallest absolute Gasteiger partial charge is 0.261 e. The molecule has 2 heterocycles. The first-order valence-corrected chi connectivity index (χ1v) is 8.11. The summed E-state index contributed by atoms with van der Waals surface area (Å²) in [5.74, 6) is 0. The summed E-state index contributed by atoms with van der Waals surface area (Å²) in [4.78, 5) is 4.30. The van der Waals surface area contributed by atoms with Gasteiger partial charge in [-0.1, -0.05) is 6.07 Å². The predicted octanol–water partition coefficient (Wildman–Crippen LogP) is 1.25. The molecule has 106 valence electrons. The maximum atomic E-state index is 12.1. The Morgan fingerprint density at radius 3 is 2.74 bits per heavy atom. The molecule has 0 amide bonds. The molecule has 0 saturated carbocycles. The van der Waals surface area contributed by atoms with Crippen LogP contribution < -0.4 is 4.72 Å². The molecule has 1 N–H and O–H groups in total. The van der Waals surface area contributed by atoms with Gasteiger partial charge in [0.25, 0.3) is 10.2 Å². The molecular formula is C13H21N3O2S. The van der Waals surface area contributed by atoms with Gasteiger partial charge in [-0.25, -0.2) is 0 Å². The average molecular weight is 283 g/mol. The van der Waals surface area contributed by atoms with Crippen molar-refractivity contribution < 1.29 is 8.42 Å². The van der Waals surface area contributed by atoms with Gasteiger partial charge in [0.15, 0.2) is 0 Å². The highest BCUT2D eigenvalue weighted by atomic mass is 32.2. The number of hydrogen-bond donors (Lipinski definition) is 1. The van der Waals surface area contributed by atoms with Gasteiger partial charge >= 0.3 is 0 Å². The Hall–Kier alpha value is -0.980. The molecular weight excluding hydrogens is 262 g/mol. The minimum atomic E-state index is -3.34. The molecule has 1 aliphatic rings. The van der Waals surface area contributed by atoms with Crippen LogP contribution in [0, 0.1) is 6.92 Å². The third-order valence-electron chi connectivity index (χ3n) is 3.37. The van der Waals surface area contributed by atoms with Crippen LogP contribution in [0.1, 0.15) is 31.0 Å². The van der Waals surface area contributed by atoms with Gasteiger partial charge in [-0.3, -0.25) is 4.98 Å². The molecule has 0 spiro atoms. The van der Waals surface area contributed by atoms with Gasteiger partial charge in [-0.15, -0.1) is 0 Å². The quantitative estimate of drug-likeness (QED) is 0.884. The number of rotatable bonds is 5. The van der Waals surface area contributed by atoms with Crippen LogP contribution in [0.3, 0.4) is 0 Å². The number of nitrogens with one attached hydrogen (secondary N) is 1. The minimum Gasteiger partial charge on any atom is -0.261 e. The number of hydrogen-bond acceptors (Lipinski definition) is 3. The summed E-state index contributed by atoms with van der Waals surface area (Å²) >= 11 is 0. The highest BCUT2D eigenvalue weighted by Crippen LogP contribution is 2.13. The number of nitrogens with zero attached hydrogens (tertiary/aromatic N) is 2. The minimum absolute atomic E-state index is 0.154. The number of aryl methyl sites for hydroxylation is 1. The van der Waals surface area contributed by atoms with Crippen molar-refractivity contribution >= 4 is 10.2 Å². The monoisotopic (exact) mass is 283 g/mol. The second-order valence-electron chi connectivity index (χ2n) is 5.10. The van der Waals surface area contributed by atoms with Crippen molar-refractivity contribution in [1.29, 1.82) is 0 Å². The van der Waals surface area contributed by atoms with Crippen LogP contribution in [0.4, 0.5) is 0 Å². The van der Waals surface area contributed by atoms with E-state index in [0.717, 1.165) is 24.1 Å². The zero-order valence-corrected chi connectivity index (χ0v) is 12.3. The van der Waals surface area contributed by atoms with Gasteiger partial charge in [0, 0.05) is 37.4 Å². The van der Waals surface area contributed by atoms with Crippen LogP contribution in [-0.2, 0) is 16.6 Å². The van der Waals surface area contributed by atoms with Gasteiger partial charge in [-0.2, -0.15) is 17.4 Å². The van der Waals surface area contributed by atoms with Crippen LogP contribution in [-0.4, -0.2) is 36.8 Å². The zero-order chi connectivity index (χ0) is 13.9. The van der Waals surface area contributed by atoms with Crippen molar-refractivity contribution in [2.45, 2.75) is 39.2 Å². The predicted molar refractivity (Wildman–Crippen MR) is 75.0 cm³/mol. The molecule has 1 atom stereocenters. The highest BCUT2D eigenvalue weighted by Gasteiger charge is 2.26. The molecule has 1 unspecified atom stereocenters. The normalized spacial score (nSPS) is 18.6. The molecule has 0 aliphatic carbocycles. The van der Waals surface area contributed by atoms with E-state index in [2.05, 4.69) is 9.71 Å². The average Bonchev–Trinajstić information content (AvgIpc) is 2.85. The maximum Gasteiger partial charge on any atom is 0.279 e. The van der Waals surface area contributed by atoms with Gasteiger partial charge in [0.1, 0.15) is 0 Å². The van der Waals surface area contributed by atoms with Crippen LogP contribution in [0.5, 0.6) is 0 Å². The van der Waals surface area contributed by atoms with Gasteiger partial charge < -0.3 is 0 Å². The molecule has 5 nitrogen and oxygen atoms in total. The first-order chi connectivity index (χ1) is 8.99. The highest BCUT2D eigenvalue weighted by molar-refractivity contribution is 7.87. The van der Waals surface area contributed by atoms with Crippen molar-refractivity contribution in [2.75, 3.05) is 13.1 Å². The molecule has 19 heavy (non-hydrogen) atoms. The summed E-state index contributed by atoms with van der Waals surface area (Å²) in [5, 5.41) is 0. The zero-order valence-electron chi connectivity index (χ0n) is 11.5. The Kier molecular flexibility index (Phi) is 4.54. The molecule has 0 bridgehead atoms. The third kappa shape index (κ3) is 3.75. The molecule has 1 saturated heterocycles. The van der Waals surface area contributed by atoms with E-state index in [0.29, 0.717) is 19.5 Å². The lowest BCUT2D eigenvalue weighted by atomic mass is 10.1. The Labute approximate surface area is 115 Å². The van der Waals surface area contributed by atoms with Crippen molar-refractivity contribution in [3.05, 3.63) is 29.6 Å². The lowest BCUT2D eigenvalue weighted by Crippen LogP contribution is -2.43. The van der Waals surface area contributed by atoms with Crippen molar-refractivity contribution in [2.24, 2.45) is 0 Å². The topological polar surface area (TPSA) is 62.3 Å². The van der Waals surface area contributed by atoms with E-state index in [1.807, 2.05) is 26.0 Å². The van der Waals surface area contributed by atoms with Crippen molar-refractivity contribution in [1.82, 2.24) is 14.0 Å². The Bertz CT molecular complexity index is 524. The van der Waals surface area contributed by atoms with Gasteiger partial charge in [0.05, 0.1) is 0 Å². The van der Waals surface area contributed by atoms with E-state index in [1.54, 1.807) is 6.20 Å². The number of pyridine rings is 1. The second kappa shape index (κ2) is 5.98. The second-order valence-corrected chi connectivity index (χ2v) is 6.80. The van der Waals surface area contributed by atoms with Crippen LogP contribution in [0.15, 0.2) is 18.3 Å². The molecule has 2 rings (SSSR count). The summed E-state index contributed by atoms with van der Waals surface area (Å²) in [6.07, 6.45) is 4.26. The van der Waals surface area contributed by atoms with Crippen LogP contribution in [0.25, 0.3) is 0 Å². The SMILES string of the molecule is Cc1cccnc1CC(C)NS(=O)(=O)N1CCCC1. The molecule has 1 aliphatic heterocycles. The van der Waals surface area contributed by atoms with E-state index in [9.17, 15) is 8.42 Å². The summed E-state index contributed by atoms with van der Waals surface area (Å²) < 4.78 is 28.5. The van der Waals surface area contributed by atoms with E-state index < -0.39 is 10.2 Å². The summed E-state index contributed by atoms with van der Waals surface area (Å²) in [6.45, 7) is 5.13. The maximum absolute atomic E-state index is 12.1. The van der Waals surface area contributed by atoms with Gasteiger partial charge in [-0.05, 0) is 38.3 Å². The van der Waals surface area contributed by atoms with Crippen LogP contribution >= 0.6 is 0 Å². The molecule has 1 fully saturated rings. The standard InChI is InChI=1S/C13H21N3O2S/c1-11-6-5-7-14-13(11)10-12(2)15-19(17,18)16-8-3-4-9-16/h5-7,12,15H,3-4,8-10H2,1-2H3. The summed E-state index contributed by atoms with van der Waals surface area (Å²) in [7, 11) is -3.34. The first kappa shape index (κ1) is 14.4. The molecule has 0 aromatic carbocycles. The fraction of sp³-hybridized carbons (Fsp3) is 0.615. The summed E-state index contributed by atoms with van der Waals surface area (Å²) in [5.41, 5.74) is 2.04. The molecule has 1 aromatic heterocycles. The van der Waals surface area contributed by atoms with Crippen molar-refractivity contribution in [3.63, 3.8) is 0 Å². The lowest BCUT2D eigenvalue weighted by molar-refractivity contribution is 0.454. The molecule has 1 aromatic rings. The third-order valence-corrected chi connectivity index (χ3v) is 5.12. The van der Waals surface area contributed by atoms with E-state index >= 15 is 0 Å². The molecule has 0 radical (unpaired) electrons. The lowest BCUT2D eigenvalue weighted by Gasteiger charge is -2.20. The van der Waals surface area contributed by atoms with E-state index in [1.165, 1.54) is 4.31 Å². The molecule has 6 heteroatoms. The fourth-order valence-electron chi connectivity index (χ4n) is 2.32. The van der Waals surface area contributed by atoms with E-state index in [4.69, 9.17) is 0 Å². The fourth-order valence-corrected chi connectivity index (χ4v) is 3.80. The first-order valence-electron chi connectivity index (χ1n) is 6.67. The Morgan fingerprint density at radius 2 is 2.11 bits per heavy atom. The Morgan fingerprint density at radius 1 is 1.42 bits per heavy atom. The van der Waals surface area contributed by atoms with E-state index in [-0.39, 0.29) is 6.04 Å².